The maximum absolute atomic E-state index is 13.5. The number of anilines is 1. The number of carbonyl (C=O) groups excluding carboxylic acids is 1. The molecule has 0 radical (unpaired) electrons. The van der Waals surface area contributed by atoms with Crippen LogP contribution in [0.1, 0.15) is 24.1 Å². The summed E-state index contributed by atoms with van der Waals surface area (Å²) in [4.78, 5) is 13.1. The number of carbonyl (C=O) groups is 1. The minimum atomic E-state index is -4.10. The lowest BCUT2D eigenvalue weighted by Crippen LogP contribution is -2.41. The normalized spacial score (nSPS) is 12.1. The molecule has 0 aliphatic heterocycles. The minimum Gasteiger partial charge on any atom is -0.493 e. The van der Waals surface area contributed by atoms with Crippen LogP contribution in [0.5, 0.6) is 11.5 Å². The van der Waals surface area contributed by atoms with Crippen molar-refractivity contribution >= 4 is 44.8 Å². The first-order valence-electron chi connectivity index (χ1n) is 10.6. The first kappa shape index (κ1) is 26.7. The standard InChI is InChI=1S/C25H26Cl2N2O5S/c1-16-5-8-22(9-6-16)35(31,32)29(21-13-19(26)12-20(27)14-21)15-25(30)28-17(2)18-7-10-23(33-3)24(11-18)34-4/h5-14,17H,15H2,1-4H3,(H,28,30)/t17-/m0/s1. The van der Waals surface area contributed by atoms with E-state index in [1.165, 1.54) is 44.6 Å². The number of rotatable bonds is 9. The largest absolute Gasteiger partial charge is 0.493 e. The van der Waals surface area contributed by atoms with E-state index in [9.17, 15) is 13.2 Å². The number of hydrogen-bond acceptors (Lipinski definition) is 5. The van der Waals surface area contributed by atoms with E-state index in [1.807, 2.05) is 6.92 Å². The van der Waals surface area contributed by atoms with Gasteiger partial charge in [0.05, 0.1) is 30.8 Å². The molecule has 7 nitrogen and oxygen atoms in total. The lowest BCUT2D eigenvalue weighted by molar-refractivity contribution is -0.120. The van der Waals surface area contributed by atoms with Crippen LogP contribution in [-0.2, 0) is 14.8 Å². The molecule has 0 saturated carbocycles. The highest BCUT2D eigenvalue weighted by atomic mass is 35.5. The van der Waals surface area contributed by atoms with Gasteiger partial charge in [0.25, 0.3) is 10.0 Å². The molecule has 0 aliphatic carbocycles. The van der Waals surface area contributed by atoms with Crippen LogP contribution in [0.2, 0.25) is 10.0 Å². The van der Waals surface area contributed by atoms with Crippen molar-refractivity contribution in [1.82, 2.24) is 5.32 Å². The fourth-order valence-electron chi connectivity index (χ4n) is 3.46. The van der Waals surface area contributed by atoms with Crippen molar-refractivity contribution in [3.05, 3.63) is 81.8 Å². The number of aryl methyl sites for hydroxylation is 1. The van der Waals surface area contributed by atoms with Crippen molar-refractivity contribution in [2.45, 2.75) is 24.8 Å². The summed E-state index contributed by atoms with van der Waals surface area (Å²) in [5.41, 5.74) is 1.84. The zero-order valence-electron chi connectivity index (χ0n) is 19.7. The molecule has 3 aromatic rings. The van der Waals surface area contributed by atoms with Crippen molar-refractivity contribution in [3.8, 4) is 11.5 Å². The molecule has 10 heteroatoms. The van der Waals surface area contributed by atoms with E-state index >= 15 is 0 Å². The van der Waals surface area contributed by atoms with Crippen LogP contribution in [0.15, 0.2) is 65.6 Å². The third-order valence-corrected chi connectivity index (χ3v) is 7.54. The molecule has 0 unspecified atom stereocenters. The highest BCUT2D eigenvalue weighted by Gasteiger charge is 2.28. The van der Waals surface area contributed by atoms with Crippen LogP contribution in [0.3, 0.4) is 0 Å². The smallest absolute Gasteiger partial charge is 0.264 e. The third kappa shape index (κ3) is 6.39. The first-order valence-corrected chi connectivity index (χ1v) is 12.8. The summed E-state index contributed by atoms with van der Waals surface area (Å²) in [6, 6.07) is 15.6. The highest BCUT2D eigenvalue weighted by Crippen LogP contribution is 2.31. The second-order valence-electron chi connectivity index (χ2n) is 7.86. The van der Waals surface area contributed by atoms with Gasteiger partial charge in [0, 0.05) is 10.0 Å². The topological polar surface area (TPSA) is 84.9 Å². The molecule has 35 heavy (non-hydrogen) atoms. The van der Waals surface area contributed by atoms with Crippen LogP contribution in [0.25, 0.3) is 0 Å². The predicted molar refractivity (Wildman–Crippen MR) is 138 cm³/mol. The average molecular weight is 537 g/mol. The van der Waals surface area contributed by atoms with Gasteiger partial charge in [0.2, 0.25) is 5.91 Å². The van der Waals surface area contributed by atoms with Crippen molar-refractivity contribution in [1.29, 1.82) is 0 Å². The van der Waals surface area contributed by atoms with Crippen molar-refractivity contribution in [2.75, 3.05) is 25.1 Å². The third-order valence-electron chi connectivity index (χ3n) is 5.32. The van der Waals surface area contributed by atoms with Gasteiger partial charge in [-0.05, 0) is 61.9 Å². The molecular formula is C25H26Cl2N2O5S. The van der Waals surface area contributed by atoms with E-state index in [-0.39, 0.29) is 20.6 Å². The Labute approximate surface area is 215 Å². The summed E-state index contributed by atoms with van der Waals surface area (Å²) in [5.74, 6) is 0.560. The Balaban J connectivity index is 1.91. The van der Waals surface area contributed by atoms with Crippen molar-refractivity contribution in [2.24, 2.45) is 0 Å². The fourth-order valence-corrected chi connectivity index (χ4v) is 5.38. The highest BCUT2D eigenvalue weighted by molar-refractivity contribution is 7.92. The number of benzene rings is 3. The lowest BCUT2D eigenvalue weighted by Gasteiger charge is -2.25. The van der Waals surface area contributed by atoms with E-state index in [2.05, 4.69) is 5.32 Å². The number of methoxy groups -OCH3 is 2. The van der Waals surface area contributed by atoms with E-state index in [4.69, 9.17) is 32.7 Å². The molecule has 0 spiro atoms. The molecule has 1 amide bonds. The summed E-state index contributed by atoms with van der Waals surface area (Å²) in [5, 5.41) is 3.33. The molecule has 0 heterocycles. The number of amides is 1. The summed E-state index contributed by atoms with van der Waals surface area (Å²) >= 11 is 12.3. The van der Waals surface area contributed by atoms with Gasteiger partial charge in [-0.3, -0.25) is 9.10 Å². The second kappa shape index (κ2) is 11.2. The molecule has 0 fully saturated rings. The van der Waals surface area contributed by atoms with E-state index in [0.717, 1.165) is 15.4 Å². The first-order chi connectivity index (χ1) is 16.5. The van der Waals surface area contributed by atoms with Gasteiger partial charge in [-0.1, -0.05) is 47.0 Å². The lowest BCUT2D eigenvalue weighted by atomic mass is 10.1. The second-order valence-corrected chi connectivity index (χ2v) is 10.6. The molecule has 1 atom stereocenters. The summed E-state index contributed by atoms with van der Waals surface area (Å²) < 4.78 is 38.7. The number of nitrogens with zero attached hydrogens (tertiary/aromatic N) is 1. The van der Waals surface area contributed by atoms with Gasteiger partial charge in [-0.15, -0.1) is 0 Å². The minimum absolute atomic E-state index is 0.0416. The van der Waals surface area contributed by atoms with Crippen LogP contribution < -0.4 is 19.1 Å². The SMILES string of the molecule is COc1ccc([C@H](C)NC(=O)CN(c2cc(Cl)cc(Cl)c2)S(=O)(=O)c2ccc(C)cc2)cc1OC. The van der Waals surface area contributed by atoms with Gasteiger partial charge in [-0.25, -0.2) is 8.42 Å². The molecular weight excluding hydrogens is 511 g/mol. The number of ether oxygens (including phenoxy) is 2. The van der Waals surface area contributed by atoms with Gasteiger partial charge in [0.15, 0.2) is 11.5 Å². The molecule has 3 rings (SSSR count). The van der Waals surface area contributed by atoms with Gasteiger partial charge in [-0.2, -0.15) is 0 Å². The molecule has 0 aliphatic rings. The number of nitrogens with one attached hydrogen (secondary N) is 1. The summed E-state index contributed by atoms with van der Waals surface area (Å²) in [6.07, 6.45) is 0. The number of halogens is 2. The Morgan fingerprint density at radius 1 is 0.943 bits per heavy atom. The van der Waals surface area contributed by atoms with Crippen LogP contribution in [0, 0.1) is 6.92 Å². The van der Waals surface area contributed by atoms with Gasteiger partial charge in [0.1, 0.15) is 6.54 Å². The predicted octanol–water partition coefficient (Wildman–Crippen LogP) is 5.39. The Morgan fingerprint density at radius 2 is 1.54 bits per heavy atom. The molecule has 0 saturated heterocycles. The molecule has 1 N–H and O–H groups in total. The van der Waals surface area contributed by atoms with Gasteiger partial charge < -0.3 is 14.8 Å². The van der Waals surface area contributed by atoms with E-state index in [1.54, 1.807) is 37.3 Å². The Morgan fingerprint density at radius 3 is 2.11 bits per heavy atom. The Bertz CT molecular complexity index is 1290. The summed E-state index contributed by atoms with van der Waals surface area (Å²) in [6.45, 7) is 3.16. The molecule has 186 valence electrons. The molecule has 3 aromatic carbocycles. The molecule has 0 bridgehead atoms. The van der Waals surface area contributed by atoms with E-state index in [0.29, 0.717) is 11.5 Å². The van der Waals surface area contributed by atoms with Crippen LogP contribution >= 0.6 is 23.2 Å². The summed E-state index contributed by atoms with van der Waals surface area (Å²) in [7, 11) is -1.04. The number of hydrogen-bond donors (Lipinski definition) is 1. The van der Waals surface area contributed by atoms with Crippen molar-refractivity contribution < 1.29 is 22.7 Å². The van der Waals surface area contributed by atoms with Crippen LogP contribution in [0.4, 0.5) is 5.69 Å². The van der Waals surface area contributed by atoms with E-state index < -0.39 is 28.5 Å². The average Bonchev–Trinajstić information content (AvgIpc) is 2.81. The maximum Gasteiger partial charge on any atom is 0.264 e. The monoisotopic (exact) mass is 536 g/mol. The van der Waals surface area contributed by atoms with Gasteiger partial charge >= 0.3 is 0 Å². The Hall–Kier alpha value is -2.94. The van der Waals surface area contributed by atoms with Crippen molar-refractivity contribution in [3.63, 3.8) is 0 Å². The zero-order chi connectivity index (χ0) is 25.8. The Kier molecular flexibility index (Phi) is 8.53. The number of sulfonamides is 1. The zero-order valence-corrected chi connectivity index (χ0v) is 22.0. The maximum atomic E-state index is 13.5. The fraction of sp³-hybridized carbons (Fsp3) is 0.240. The van der Waals surface area contributed by atoms with Crippen LogP contribution in [-0.4, -0.2) is 35.1 Å². The molecule has 0 aromatic heterocycles. The quantitative estimate of drug-likeness (QED) is 0.396.